The molecule has 1 N–H and O–H groups in total. The van der Waals surface area contributed by atoms with Crippen molar-refractivity contribution in [3.05, 3.63) is 87.2 Å². The second kappa shape index (κ2) is 10.3. The molecule has 0 aliphatic rings. The lowest BCUT2D eigenvalue weighted by Gasteiger charge is -2.13. The lowest BCUT2D eigenvalue weighted by molar-refractivity contribution is -0.139. The van der Waals surface area contributed by atoms with Crippen LogP contribution in [0.25, 0.3) is 22.3 Å². The predicted molar refractivity (Wildman–Crippen MR) is 131 cm³/mol. The zero-order valence-electron chi connectivity index (χ0n) is 19.0. The van der Waals surface area contributed by atoms with E-state index >= 15 is 0 Å². The second-order valence-corrected chi connectivity index (χ2v) is 8.02. The van der Waals surface area contributed by atoms with Crippen molar-refractivity contribution < 1.29 is 32.5 Å². The van der Waals surface area contributed by atoms with Gasteiger partial charge in [0.1, 0.15) is 0 Å². The molecule has 0 spiro atoms. The van der Waals surface area contributed by atoms with Crippen LogP contribution in [0.15, 0.2) is 70.6 Å². The van der Waals surface area contributed by atoms with Gasteiger partial charge in [-0.1, -0.05) is 35.9 Å². The van der Waals surface area contributed by atoms with Crippen molar-refractivity contribution in [1.29, 1.82) is 0 Å². The highest BCUT2D eigenvalue weighted by Crippen LogP contribution is 2.36. The maximum Gasteiger partial charge on any atom is 0.416 e. The first-order chi connectivity index (χ1) is 17.6. The molecule has 0 amide bonds. The number of carbonyl (C=O) groups is 1. The summed E-state index contributed by atoms with van der Waals surface area (Å²) in [6.07, 6.45) is -3.36. The quantitative estimate of drug-likeness (QED) is 0.333. The molecule has 190 valence electrons. The van der Waals surface area contributed by atoms with E-state index in [1.165, 1.54) is 43.7 Å². The number of halogens is 4. The summed E-state index contributed by atoms with van der Waals surface area (Å²) in [4.78, 5) is 28.5. The van der Waals surface area contributed by atoms with Crippen LogP contribution < -0.4 is 15.0 Å². The number of para-hydroxylation sites is 1. The number of fused-ring (bicyclic) bond motifs is 1. The highest BCUT2D eigenvalue weighted by atomic mass is 35.5. The Labute approximate surface area is 212 Å². The number of carboxylic acid groups (broad SMARTS) is 1. The first-order valence-electron chi connectivity index (χ1n) is 10.5. The summed E-state index contributed by atoms with van der Waals surface area (Å²) in [6.45, 7) is -0.651. The van der Waals surface area contributed by atoms with E-state index in [9.17, 15) is 22.8 Å². The number of benzene rings is 3. The number of rotatable bonds is 7. The molecule has 0 aliphatic carbocycles. The topological polar surface area (TPSA) is 103 Å². The summed E-state index contributed by atoms with van der Waals surface area (Å²) >= 11 is 6.23. The van der Waals surface area contributed by atoms with E-state index < -0.39 is 29.9 Å². The lowest BCUT2D eigenvalue weighted by Crippen LogP contribution is -2.20. The van der Waals surface area contributed by atoms with E-state index in [1.54, 1.807) is 18.2 Å². The number of nitrogens with zero attached hydrogens (tertiary/aromatic N) is 3. The normalized spacial score (nSPS) is 11.7. The summed E-state index contributed by atoms with van der Waals surface area (Å²) < 4.78 is 51.3. The van der Waals surface area contributed by atoms with Gasteiger partial charge in [0.25, 0.3) is 5.56 Å². The Morgan fingerprint density at radius 2 is 1.92 bits per heavy atom. The van der Waals surface area contributed by atoms with Gasteiger partial charge in [-0.2, -0.15) is 22.9 Å². The van der Waals surface area contributed by atoms with Crippen molar-refractivity contribution in [2.75, 3.05) is 13.7 Å². The Hall–Kier alpha value is -4.38. The van der Waals surface area contributed by atoms with Gasteiger partial charge in [0.2, 0.25) is 0 Å². The van der Waals surface area contributed by atoms with Gasteiger partial charge in [0.15, 0.2) is 23.9 Å². The Bertz CT molecular complexity index is 1580. The molecule has 0 aliphatic heterocycles. The fraction of sp³-hybridized carbons (Fsp3) is 0.120. The maximum atomic E-state index is 13.3. The van der Waals surface area contributed by atoms with Gasteiger partial charge in [-0.25, -0.2) is 9.78 Å². The number of hydrogen-bond acceptors (Lipinski definition) is 6. The van der Waals surface area contributed by atoms with Crippen LogP contribution >= 0.6 is 11.6 Å². The van der Waals surface area contributed by atoms with Gasteiger partial charge in [0, 0.05) is 5.56 Å². The van der Waals surface area contributed by atoms with Crippen LogP contribution in [-0.4, -0.2) is 40.7 Å². The molecular weight excluding hydrogens is 515 g/mol. The number of ether oxygens (including phenoxy) is 2. The highest BCUT2D eigenvalue weighted by molar-refractivity contribution is 6.32. The molecule has 0 radical (unpaired) electrons. The maximum absolute atomic E-state index is 13.3. The summed E-state index contributed by atoms with van der Waals surface area (Å²) in [5.74, 6) is -1.21. The van der Waals surface area contributed by atoms with Gasteiger partial charge in [-0.05, 0) is 42.0 Å². The molecule has 12 heteroatoms. The summed E-state index contributed by atoms with van der Waals surface area (Å²) in [6, 6.07) is 13.6. The molecule has 0 fully saturated rings. The van der Waals surface area contributed by atoms with Gasteiger partial charge in [0.05, 0.1) is 34.8 Å². The van der Waals surface area contributed by atoms with Gasteiger partial charge in [-0.15, -0.1) is 0 Å². The Balaban J connectivity index is 1.85. The van der Waals surface area contributed by atoms with E-state index in [4.69, 9.17) is 26.2 Å². The fourth-order valence-electron chi connectivity index (χ4n) is 3.46. The van der Waals surface area contributed by atoms with E-state index in [1.807, 2.05) is 0 Å². The molecule has 3 aromatic carbocycles. The van der Waals surface area contributed by atoms with E-state index in [2.05, 4.69) is 10.1 Å². The monoisotopic (exact) mass is 531 g/mol. The highest BCUT2D eigenvalue weighted by Gasteiger charge is 2.31. The number of carboxylic acids is 1. The van der Waals surface area contributed by atoms with Crippen LogP contribution in [0, 0.1) is 0 Å². The predicted octanol–water partition coefficient (Wildman–Crippen LogP) is 5.09. The Morgan fingerprint density at radius 3 is 2.62 bits per heavy atom. The van der Waals surface area contributed by atoms with Crippen molar-refractivity contribution in [1.82, 2.24) is 9.66 Å². The summed E-state index contributed by atoms with van der Waals surface area (Å²) in [5.41, 5.74) is -0.858. The fourth-order valence-corrected chi connectivity index (χ4v) is 3.74. The van der Waals surface area contributed by atoms with Crippen LogP contribution in [0.1, 0.15) is 11.1 Å². The van der Waals surface area contributed by atoms with Crippen LogP contribution in [-0.2, 0) is 11.0 Å². The average molecular weight is 532 g/mol. The summed E-state index contributed by atoms with van der Waals surface area (Å²) in [5, 5.41) is 13.3. The minimum Gasteiger partial charge on any atom is -0.493 e. The zero-order valence-corrected chi connectivity index (χ0v) is 19.7. The molecule has 0 saturated heterocycles. The van der Waals surface area contributed by atoms with E-state index in [0.717, 1.165) is 16.8 Å². The molecule has 8 nitrogen and oxygen atoms in total. The standard InChI is InChI=1S/C25H17ClF3N3O5/c1-36-20-10-14(9-18(26)22(20)37-13-21(33)34)12-30-32-23(15-5-4-6-16(11-15)25(27,28)29)31-19-8-3-2-7-17(19)24(32)35/h2-12H,13H2,1H3,(H,33,34). The zero-order chi connectivity index (χ0) is 26.7. The first-order valence-corrected chi connectivity index (χ1v) is 10.9. The van der Waals surface area contributed by atoms with E-state index in [-0.39, 0.29) is 38.8 Å². The van der Waals surface area contributed by atoms with Crippen LogP contribution in [0.2, 0.25) is 5.02 Å². The number of methoxy groups -OCH3 is 1. The molecule has 1 aromatic heterocycles. The number of hydrogen-bond donors (Lipinski definition) is 1. The smallest absolute Gasteiger partial charge is 0.416 e. The van der Waals surface area contributed by atoms with Crippen molar-refractivity contribution in [3.63, 3.8) is 0 Å². The molecular formula is C25H17ClF3N3O5. The third kappa shape index (κ3) is 5.56. The van der Waals surface area contributed by atoms with Gasteiger partial charge < -0.3 is 14.6 Å². The summed E-state index contributed by atoms with van der Waals surface area (Å²) in [7, 11) is 1.32. The van der Waals surface area contributed by atoms with Crippen LogP contribution in [0.4, 0.5) is 13.2 Å². The number of aliphatic carboxylic acids is 1. The van der Waals surface area contributed by atoms with Crippen molar-refractivity contribution in [3.8, 4) is 22.9 Å². The number of alkyl halides is 3. The molecule has 37 heavy (non-hydrogen) atoms. The van der Waals surface area contributed by atoms with Crippen LogP contribution in [0.3, 0.4) is 0 Å². The first kappa shape index (κ1) is 25.7. The van der Waals surface area contributed by atoms with Crippen molar-refractivity contribution >= 4 is 34.7 Å². The molecule has 4 rings (SSSR count). The van der Waals surface area contributed by atoms with Crippen LogP contribution in [0.5, 0.6) is 11.5 Å². The Morgan fingerprint density at radius 1 is 1.16 bits per heavy atom. The largest absolute Gasteiger partial charge is 0.493 e. The minimum atomic E-state index is -4.60. The van der Waals surface area contributed by atoms with Crippen molar-refractivity contribution in [2.45, 2.75) is 6.18 Å². The third-order valence-corrected chi connectivity index (χ3v) is 5.40. The Kier molecular flexibility index (Phi) is 7.16. The van der Waals surface area contributed by atoms with Gasteiger partial charge >= 0.3 is 12.1 Å². The lowest BCUT2D eigenvalue weighted by atomic mass is 10.1. The number of aromatic nitrogens is 2. The molecule has 0 bridgehead atoms. The molecule has 0 atom stereocenters. The third-order valence-electron chi connectivity index (χ3n) is 5.12. The van der Waals surface area contributed by atoms with Crippen molar-refractivity contribution in [2.24, 2.45) is 5.10 Å². The second-order valence-electron chi connectivity index (χ2n) is 7.61. The minimum absolute atomic E-state index is 0.00194. The SMILES string of the molecule is COc1cc(C=Nn2c(-c3cccc(C(F)(F)F)c3)nc3ccccc3c2=O)cc(Cl)c1OCC(=O)O. The molecule has 1 heterocycles. The molecule has 0 saturated carbocycles. The van der Waals surface area contributed by atoms with Gasteiger partial charge in [-0.3, -0.25) is 4.79 Å². The molecule has 4 aromatic rings. The average Bonchev–Trinajstić information content (AvgIpc) is 2.86. The van der Waals surface area contributed by atoms with E-state index in [0.29, 0.717) is 5.56 Å². The molecule has 0 unspecified atom stereocenters.